The van der Waals surface area contributed by atoms with Crippen LogP contribution in [0.25, 0.3) is 0 Å². The summed E-state index contributed by atoms with van der Waals surface area (Å²) in [6, 6.07) is 27.2. The second kappa shape index (κ2) is 22.4. The molecule has 5 atom stereocenters. The van der Waals surface area contributed by atoms with Crippen LogP contribution in [0.4, 0.5) is 0 Å². The van der Waals surface area contributed by atoms with E-state index < -0.39 is 65.7 Å². The normalized spacial score (nSPS) is 13.6. The third-order valence-corrected chi connectivity index (χ3v) is 9.57. The van der Waals surface area contributed by atoms with Crippen LogP contribution in [0.5, 0.6) is 5.75 Å². The van der Waals surface area contributed by atoms with Crippen LogP contribution in [0.1, 0.15) is 67.6 Å². The van der Waals surface area contributed by atoms with Crippen molar-refractivity contribution in [3.05, 3.63) is 138 Å². The van der Waals surface area contributed by atoms with E-state index in [-0.39, 0.29) is 48.8 Å². The zero-order chi connectivity index (χ0) is 42.9. The van der Waals surface area contributed by atoms with E-state index in [0.29, 0.717) is 6.42 Å². The number of primary amides is 1. The van der Waals surface area contributed by atoms with Gasteiger partial charge in [0.1, 0.15) is 36.0 Å². The lowest BCUT2D eigenvalue weighted by molar-refractivity contribution is -0.134. The summed E-state index contributed by atoms with van der Waals surface area (Å²) in [6.07, 6.45) is 0.735. The molecule has 0 aromatic heterocycles. The van der Waals surface area contributed by atoms with Gasteiger partial charge in [0.05, 0.1) is 0 Å². The first-order valence-corrected chi connectivity index (χ1v) is 19.9. The number of rotatable bonds is 21. The smallest absolute Gasteiger partial charge is 0.251 e. The van der Waals surface area contributed by atoms with E-state index in [1.807, 2.05) is 70.2 Å². The molecule has 0 aliphatic heterocycles. The molecule has 0 saturated carbocycles. The summed E-state index contributed by atoms with van der Waals surface area (Å²) in [5, 5.41) is 23.7. The van der Waals surface area contributed by atoms with Crippen LogP contribution in [-0.4, -0.2) is 70.8 Å². The second-order valence-electron chi connectivity index (χ2n) is 15.5. The first kappa shape index (κ1) is 45.2. The topological polar surface area (TPSA) is 209 Å². The molecule has 6 amide bonds. The first-order chi connectivity index (χ1) is 28.2. The summed E-state index contributed by atoms with van der Waals surface area (Å²) in [5.41, 5.74) is 8.08. The van der Waals surface area contributed by atoms with Gasteiger partial charge in [-0.2, -0.15) is 0 Å². The molecule has 59 heavy (non-hydrogen) atoms. The third kappa shape index (κ3) is 15.1. The SMILES string of the molecule is CC(C)C[C@@H](NC(=O)[C@@H](Cc1ccccc1)NC(=O)[C@@H](Cc1ccccc1)NC(=O)[C@@H](Cc1ccccc1)NC(=O)[C@@H](CC(C)C)NC(=O)c1ccc(O)cc1)C(N)=O. The quantitative estimate of drug-likeness (QED) is 0.0664. The van der Waals surface area contributed by atoms with E-state index in [2.05, 4.69) is 26.6 Å². The molecule has 8 N–H and O–H groups in total. The highest BCUT2D eigenvalue weighted by atomic mass is 16.3. The number of nitrogens with two attached hydrogens (primary N) is 1. The van der Waals surface area contributed by atoms with E-state index >= 15 is 0 Å². The Hall–Kier alpha value is -6.50. The van der Waals surface area contributed by atoms with Crippen molar-refractivity contribution in [1.82, 2.24) is 26.6 Å². The average Bonchev–Trinajstić information content (AvgIpc) is 3.20. The lowest BCUT2D eigenvalue weighted by Gasteiger charge is -2.28. The van der Waals surface area contributed by atoms with Gasteiger partial charge in [-0.3, -0.25) is 28.8 Å². The molecule has 4 rings (SSSR count). The monoisotopic (exact) mass is 804 g/mol. The van der Waals surface area contributed by atoms with Crippen LogP contribution in [-0.2, 0) is 43.2 Å². The van der Waals surface area contributed by atoms with Crippen LogP contribution in [0.2, 0.25) is 0 Å². The first-order valence-electron chi connectivity index (χ1n) is 19.9. The van der Waals surface area contributed by atoms with Crippen molar-refractivity contribution in [3.63, 3.8) is 0 Å². The molecule has 4 aromatic carbocycles. The molecular weight excluding hydrogens is 749 g/mol. The Morgan fingerprint density at radius 2 is 0.780 bits per heavy atom. The maximum Gasteiger partial charge on any atom is 0.251 e. The van der Waals surface area contributed by atoms with Gasteiger partial charge in [-0.1, -0.05) is 119 Å². The largest absolute Gasteiger partial charge is 0.508 e. The van der Waals surface area contributed by atoms with E-state index in [1.165, 1.54) is 24.3 Å². The highest BCUT2D eigenvalue weighted by Crippen LogP contribution is 2.14. The van der Waals surface area contributed by atoms with Crippen molar-refractivity contribution in [2.24, 2.45) is 17.6 Å². The number of amides is 6. The fraction of sp³-hybridized carbons (Fsp3) is 0.348. The van der Waals surface area contributed by atoms with E-state index in [9.17, 15) is 33.9 Å². The summed E-state index contributed by atoms with van der Waals surface area (Å²) in [5.74, 6) is -3.77. The van der Waals surface area contributed by atoms with Gasteiger partial charge in [-0.15, -0.1) is 0 Å². The van der Waals surface area contributed by atoms with Crippen molar-refractivity contribution in [1.29, 1.82) is 0 Å². The molecule has 0 fully saturated rings. The number of aromatic hydroxyl groups is 1. The highest BCUT2D eigenvalue weighted by molar-refractivity contribution is 5.99. The van der Waals surface area contributed by atoms with Gasteiger partial charge >= 0.3 is 0 Å². The maximum atomic E-state index is 14.4. The van der Waals surface area contributed by atoms with Gasteiger partial charge in [-0.25, -0.2) is 0 Å². The number of benzene rings is 4. The number of carbonyl (C=O) groups is 6. The zero-order valence-electron chi connectivity index (χ0n) is 34.0. The minimum atomic E-state index is -1.21. The Kier molecular flexibility index (Phi) is 17.2. The van der Waals surface area contributed by atoms with E-state index in [0.717, 1.165) is 16.7 Å². The van der Waals surface area contributed by atoms with Crippen molar-refractivity contribution in [3.8, 4) is 5.75 Å². The minimum absolute atomic E-state index is 0.0135. The van der Waals surface area contributed by atoms with Gasteiger partial charge in [0.25, 0.3) is 5.91 Å². The Morgan fingerprint density at radius 3 is 1.12 bits per heavy atom. The van der Waals surface area contributed by atoms with Gasteiger partial charge in [0, 0.05) is 24.8 Å². The summed E-state index contributed by atoms with van der Waals surface area (Å²) >= 11 is 0. The number of carbonyl (C=O) groups excluding carboxylic acids is 6. The molecule has 0 saturated heterocycles. The zero-order valence-corrected chi connectivity index (χ0v) is 34.0. The molecule has 0 radical (unpaired) electrons. The third-order valence-electron chi connectivity index (χ3n) is 9.57. The van der Waals surface area contributed by atoms with Crippen molar-refractivity contribution in [2.45, 2.75) is 90.0 Å². The van der Waals surface area contributed by atoms with E-state index in [4.69, 9.17) is 5.73 Å². The van der Waals surface area contributed by atoms with Crippen LogP contribution < -0.4 is 32.3 Å². The number of phenolic OH excluding ortho intramolecular Hbond substituents is 1. The fourth-order valence-corrected chi connectivity index (χ4v) is 6.54. The lowest BCUT2D eigenvalue weighted by atomic mass is 9.99. The summed E-state index contributed by atoms with van der Waals surface area (Å²) < 4.78 is 0. The molecule has 0 aliphatic rings. The Morgan fingerprint density at radius 1 is 0.458 bits per heavy atom. The summed E-state index contributed by atoms with van der Waals surface area (Å²) in [7, 11) is 0. The van der Waals surface area contributed by atoms with Gasteiger partial charge in [0.2, 0.25) is 29.5 Å². The average molecular weight is 805 g/mol. The molecule has 13 heteroatoms. The van der Waals surface area contributed by atoms with Gasteiger partial charge < -0.3 is 37.4 Å². The van der Waals surface area contributed by atoms with Crippen LogP contribution in [0, 0.1) is 11.8 Å². The Balaban J connectivity index is 1.63. The molecule has 0 unspecified atom stereocenters. The van der Waals surface area contributed by atoms with Gasteiger partial charge in [0.15, 0.2) is 0 Å². The predicted octanol–water partition coefficient (Wildman–Crippen LogP) is 3.74. The number of hydrogen-bond acceptors (Lipinski definition) is 7. The van der Waals surface area contributed by atoms with Crippen LogP contribution in [0.15, 0.2) is 115 Å². The second-order valence-corrected chi connectivity index (χ2v) is 15.5. The number of hydrogen-bond donors (Lipinski definition) is 7. The van der Waals surface area contributed by atoms with Crippen molar-refractivity contribution in [2.75, 3.05) is 0 Å². The van der Waals surface area contributed by atoms with Crippen LogP contribution in [0.3, 0.4) is 0 Å². The highest BCUT2D eigenvalue weighted by Gasteiger charge is 2.33. The molecular formula is C46H56N6O7. The summed E-state index contributed by atoms with van der Waals surface area (Å²) in [4.78, 5) is 82.1. The molecule has 4 aromatic rings. The number of nitrogens with one attached hydrogen (secondary N) is 5. The molecule has 0 bridgehead atoms. The predicted molar refractivity (Wildman–Crippen MR) is 226 cm³/mol. The standard InChI is InChI=1S/C46H56N6O7/c1-29(2)24-36(41(47)54)48-44(57)38(26-31-14-8-5-9-15-31)51-46(59)40(28-33-18-12-7-13-19-33)52-45(58)39(27-32-16-10-6-11-17-32)50-43(56)37(25-30(3)4)49-42(55)34-20-22-35(53)23-21-34/h5-23,29-30,36-40,53H,24-28H2,1-4H3,(H2,47,54)(H,48,57)(H,49,55)(H,50,56)(H,51,59)(H,52,58)/t36-,37-,38-,39-,40-/m1/s1. The molecule has 0 aliphatic carbocycles. The molecule has 13 nitrogen and oxygen atoms in total. The van der Waals surface area contributed by atoms with Gasteiger partial charge in [-0.05, 0) is 65.6 Å². The molecule has 312 valence electrons. The Labute approximate surface area is 345 Å². The van der Waals surface area contributed by atoms with Crippen molar-refractivity contribution < 1.29 is 33.9 Å². The Bertz CT molecular complexity index is 1990. The fourth-order valence-electron chi connectivity index (χ4n) is 6.54. The molecule has 0 spiro atoms. The minimum Gasteiger partial charge on any atom is -0.508 e. The van der Waals surface area contributed by atoms with Crippen LogP contribution >= 0.6 is 0 Å². The summed E-state index contributed by atoms with van der Waals surface area (Å²) in [6.45, 7) is 7.59. The maximum absolute atomic E-state index is 14.4. The van der Waals surface area contributed by atoms with Crippen molar-refractivity contribution >= 4 is 35.4 Å². The van der Waals surface area contributed by atoms with E-state index in [1.54, 1.807) is 48.5 Å². The number of phenols is 1. The lowest BCUT2D eigenvalue weighted by Crippen LogP contribution is -2.60. The molecule has 0 heterocycles.